The van der Waals surface area contributed by atoms with E-state index in [2.05, 4.69) is 29.1 Å². The maximum absolute atomic E-state index is 5.76. The summed E-state index contributed by atoms with van der Waals surface area (Å²) >= 11 is 0. The zero-order chi connectivity index (χ0) is 13.4. The van der Waals surface area contributed by atoms with E-state index in [0.717, 1.165) is 42.9 Å². The van der Waals surface area contributed by atoms with Crippen LogP contribution in [0.25, 0.3) is 0 Å². The summed E-state index contributed by atoms with van der Waals surface area (Å²) in [6, 6.07) is 0. The van der Waals surface area contributed by atoms with E-state index in [9.17, 15) is 0 Å². The molecule has 0 amide bonds. The molecular formula is C14H25N3O. The molecule has 0 aromatic carbocycles. The molecule has 1 heterocycles. The minimum atomic E-state index is 0.668. The fourth-order valence-electron chi connectivity index (χ4n) is 1.77. The van der Waals surface area contributed by atoms with Crippen LogP contribution in [0.15, 0.2) is 0 Å². The van der Waals surface area contributed by atoms with Crippen molar-refractivity contribution in [2.75, 3.05) is 18.5 Å². The van der Waals surface area contributed by atoms with Gasteiger partial charge in [-0.05, 0) is 33.1 Å². The lowest BCUT2D eigenvalue weighted by molar-refractivity contribution is 0.301. The average molecular weight is 251 g/mol. The third-order valence-electron chi connectivity index (χ3n) is 2.73. The van der Waals surface area contributed by atoms with Crippen molar-refractivity contribution >= 4 is 5.95 Å². The van der Waals surface area contributed by atoms with Crippen molar-refractivity contribution in [1.82, 2.24) is 9.97 Å². The molecule has 4 heteroatoms. The molecule has 0 unspecified atom stereocenters. The first-order valence-electron chi connectivity index (χ1n) is 6.97. The number of hydrogen-bond donors (Lipinski definition) is 1. The Bertz CT molecular complexity index is 366. The Morgan fingerprint density at radius 2 is 1.89 bits per heavy atom. The summed E-state index contributed by atoms with van der Waals surface area (Å²) < 4.78 is 5.76. The molecular weight excluding hydrogens is 226 g/mol. The summed E-state index contributed by atoms with van der Waals surface area (Å²) in [4.78, 5) is 8.95. The Balaban J connectivity index is 2.96. The summed E-state index contributed by atoms with van der Waals surface area (Å²) in [5.74, 6) is 1.43. The maximum Gasteiger partial charge on any atom is 0.226 e. The summed E-state index contributed by atoms with van der Waals surface area (Å²) in [6.07, 6.45) is 4.30. The number of hydrogen-bond acceptors (Lipinski definition) is 4. The second-order valence-corrected chi connectivity index (χ2v) is 4.40. The molecule has 0 saturated heterocycles. The van der Waals surface area contributed by atoms with Crippen molar-refractivity contribution in [1.29, 1.82) is 0 Å². The highest BCUT2D eigenvalue weighted by Gasteiger charge is 2.12. The third kappa shape index (κ3) is 4.17. The largest absolute Gasteiger partial charge is 0.477 e. The van der Waals surface area contributed by atoms with Gasteiger partial charge in [-0.1, -0.05) is 20.3 Å². The van der Waals surface area contributed by atoms with E-state index in [1.807, 2.05) is 13.8 Å². The molecule has 0 saturated carbocycles. The molecule has 0 bridgehead atoms. The minimum absolute atomic E-state index is 0.668. The molecule has 0 fully saturated rings. The number of aromatic nitrogens is 2. The standard InChI is InChI=1S/C14H25N3O/c1-5-8-9-12-11(4)16-14(15-7-3)17-13(12)18-10-6-2/h5-10H2,1-4H3,(H,15,16,17). The van der Waals surface area contributed by atoms with Crippen molar-refractivity contribution in [2.24, 2.45) is 0 Å². The maximum atomic E-state index is 5.76. The number of unbranched alkanes of at least 4 members (excludes halogenated alkanes) is 1. The van der Waals surface area contributed by atoms with Crippen LogP contribution in [0, 0.1) is 6.92 Å². The van der Waals surface area contributed by atoms with Crippen molar-refractivity contribution < 1.29 is 4.74 Å². The normalized spacial score (nSPS) is 10.4. The molecule has 0 spiro atoms. The molecule has 0 radical (unpaired) electrons. The van der Waals surface area contributed by atoms with Crippen molar-refractivity contribution in [3.63, 3.8) is 0 Å². The highest BCUT2D eigenvalue weighted by molar-refractivity contribution is 5.38. The Morgan fingerprint density at radius 1 is 1.11 bits per heavy atom. The first-order valence-corrected chi connectivity index (χ1v) is 6.97. The predicted molar refractivity (Wildman–Crippen MR) is 75.3 cm³/mol. The van der Waals surface area contributed by atoms with E-state index in [1.54, 1.807) is 0 Å². The Labute approximate surface area is 110 Å². The van der Waals surface area contributed by atoms with E-state index < -0.39 is 0 Å². The smallest absolute Gasteiger partial charge is 0.226 e. The van der Waals surface area contributed by atoms with Gasteiger partial charge >= 0.3 is 0 Å². The summed E-state index contributed by atoms with van der Waals surface area (Å²) in [7, 11) is 0. The fraction of sp³-hybridized carbons (Fsp3) is 0.714. The predicted octanol–water partition coefficient (Wildman–Crippen LogP) is 3.35. The molecule has 0 aliphatic heterocycles. The van der Waals surface area contributed by atoms with Crippen LogP contribution in [-0.2, 0) is 6.42 Å². The topological polar surface area (TPSA) is 47.0 Å². The number of ether oxygens (including phenoxy) is 1. The van der Waals surface area contributed by atoms with Crippen LogP contribution >= 0.6 is 0 Å². The summed E-state index contributed by atoms with van der Waals surface area (Å²) in [6.45, 7) is 9.89. The van der Waals surface area contributed by atoms with Crippen LogP contribution in [0.1, 0.15) is 51.3 Å². The van der Waals surface area contributed by atoms with Crippen LogP contribution < -0.4 is 10.1 Å². The van der Waals surface area contributed by atoms with Gasteiger partial charge in [-0.2, -0.15) is 4.98 Å². The quantitative estimate of drug-likeness (QED) is 0.769. The van der Waals surface area contributed by atoms with Gasteiger partial charge in [-0.15, -0.1) is 0 Å². The number of nitrogens with one attached hydrogen (secondary N) is 1. The van der Waals surface area contributed by atoms with Crippen LogP contribution in [-0.4, -0.2) is 23.1 Å². The number of anilines is 1. The molecule has 1 N–H and O–H groups in total. The lowest BCUT2D eigenvalue weighted by Gasteiger charge is -2.13. The molecule has 102 valence electrons. The van der Waals surface area contributed by atoms with Crippen LogP contribution in [0.2, 0.25) is 0 Å². The van der Waals surface area contributed by atoms with E-state index >= 15 is 0 Å². The zero-order valence-electron chi connectivity index (χ0n) is 12.0. The van der Waals surface area contributed by atoms with E-state index in [4.69, 9.17) is 4.74 Å². The van der Waals surface area contributed by atoms with Crippen molar-refractivity contribution in [2.45, 2.75) is 53.4 Å². The highest BCUT2D eigenvalue weighted by atomic mass is 16.5. The first kappa shape index (κ1) is 14.7. The molecule has 1 aromatic rings. The molecule has 0 atom stereocenters. The molecule has 1 rings (SSSR count). The van der Waals surface area contributed by atoms with Gasteiger partial charge in [-0.25, -0.2) is 4.98 Å². The SMILES string of the molecule is CCCCc1c(C)nc(NCC)nc1OCCC. The van der Waals surface area contributed by atoms with Crippen molar-refractivity contribution in [3.05, 3.63) is 11.3 Å². The molecule has 4 nitrogen and oxygen atoms in total. The van der Waals surface area contributed by atoms with Crippen LogP contribution in [0.4, 0.5) is 5.95 Å². The second kappa shape index (κ2) is 7.90. The Kier molecular flexibility index (Phi) is 6.47. The van der Waals surface area contributed by atoms with Gasteiger partial charge in [0.25, 0.3) is 0 Å². The number of nitrogens with zero attached hydrogens (tertiary/aromatic N) is 2. The van der Waals surface area contributed by atoms with Gasteiger partial charge in [0.15, 0.2) is 0 Å². The van der Waals surface area contributed by atoms with Gasteiger partial charge < -0.3 is 10.1 Å². The van der Waals surface area contributed by atoms with Gasteiger partial charge in [0, 0.05) is 17.8 Å². The zero-order valence-corrected chi connectivity index (χ0v) is 12.0. The first-order chi connectivity index (χ1) is 8.72. The highest BCUT2D eigenvalue weighted by Crippen LogP contribution is 2.23. The van der Waals surface area contributed by atoms with Gasteiger partial charge in [-0.3, -0.25) is 0 Å². The lowest BCUT2D eigenvalue weighted by atomic mass is 10.1. The number of aryl methyl sites for hydroxylation is 1. The Hall–Kier alpha value is -1.32. The summed E-state index contributed by atoms with van der Waals surface area (Å²) in [5.41, 5.74) is 2.19. The molecule has 18 heavy (non-hydrogen) atoms. The monoisotopic (exact) mass is 251 g/mol. The fourth-order valence-corrected chi connectivity index (χ4v) is 1.77. The van der Waals surface area contributed by atoms with E-state index in [1.165, 1.54) is 6.42 Å². The minimum Gasteiger partial charge on any atom is -0.477 e. The second-order valence-electron chi connectivity index (χ2n) is 4.40. The van der Waals surface area contributed by atoms with Gasteiger partial charge in [0.2, 0.25) is 11.8 Å². The molecule has 0 aliphatic carbocycles. The Morgan fingerprint density at radius 3 is 2.50 bits per heavy atom. The van der Waals surface area contributed by atoms with Gasteiger partial charge in [0.1, 0.15) is 0 Å². The van der Waals surface area contributed by atoms with E-state index in [-0.39, 0.29) is 0 Å². The average Bonchev–Trinajstić information content (AvgIpc) is 2.35. The van der Waals surface area contributed by atoms with Gasteiger partial charge in [0.05, 0.1) is 6.61 Å². The lowest BCUT2D eigenvalue weighted by Crippen LogP contribution is -2.09. The number of rotatable bonds is 8. The molecule has 0 aliphatic rings. The molecule has 1 aromatic heterocycles. The van der Waals surface area contributed by atoms with Crippen LogP contribution in [0.3, 0.4) is 0 Å². The third-order valence-corrected chi connectivity index (χ3v) is 2.73. The van der Waals surface area contributed by atoms with Crippen LogP contribution in [0.5, 0.6) is 5.88 Å². The van der Waals surface area contributed by atoms with Crippen molar-refractivity contribution in [3.8, 4) is 5.88 Å². The van der Waals surface area contributed by atoms with E-state index in [0.29, 0.717) is 12.6 Å². The summed E-state index contributed by atoms with van der Waals surface area (Å²) in [5, 5.41) is 3.15.